The molecule has 100 valence electrons. The Morgan fingerprint density at radius 1 is 1.11 bits per heavy atom. The molecule has 0 amide bonds. The molecule has 19 heavy (non-hydrogen) atoms. The van der Waals surface area contributed by atoms with Gasteiger partial charge in [-0.25, -0.2) is 0 Å². The van der Waals surface area contributed by atoms with Crippen LogP contribution < -0.4 is 9.47 Å². The number of hydrogen-bond acceptors (Lipinski definition) is 2. The van der Waals surface area contributed by atoms with Crippen molar-refractivity contribution < 1.29 is 9.47 Å². The summed E-state index contributed by atoms with van der Waals surface area (Å²) < 4.78 is 11.3. The van der Waals surface area contributed by atoms with Gasteiger partial charge in [-0.3, -0.25) is 0 Å². The van der Waals surface area contributed by atoms with Crippen LogP contribution >= 0.6 is 27.5 Å². The first-order valence-corrected chi connectivity index (χ1v) is 7.48. The van der Waals surface area contributed by atoms with Gasteiger partial charge in [-0.15, -0.1) is 0 Å². The highest BCUT2D eigenvalue weighted by Gasteiger charge is 2.06. The van der Waals surface area contributed by atoms with Gasteiger partial charge in [0.15, 0.2) is 0 Å². The van der Waals surface area contributed by atoms with Gasteiger partial charge in [0.2, 0.25) is 0 Å². The van der Waals surface area contributed by atoms with Crippen molar-refractivity contribution in [3.63, 3.8) is 0 Å². The summed E-state index contributed by atoms with van der Waals surface area (Å²) in [6.07, 6.45) is 0. The van der Waals surface area contributed by atoms with Crippen LogP contribution in [0.4, 0.5) is 0 Å². The maximum absolute atomic E-state index is 5.97. The molecule has 0 atom stereocenters. The van der Waals surface area contributed by atoms with E-state index < -0.39 is 0 Å². The quantitative estimate of drug-likeness (QED) is 0.675. The standard InChI is InChI=1S/C15H14BrClO2/c1-2-18-13-4-3-5-14(9-13)19-15-7-6-12(17)8-11(15)10-16/h3-9H,2,10H2,1H3. The number of benzene rings is 2. The van der Waals surface area contributed by atoms with Crippen molar-refractivity contribution in [3.8, 4) is 17.2 Å². The molecule has 0 bridgehead atoms. The average molecular weight is 342 g/mol. The Hall–Kier alpha value is -1.19. The molecule has 2 aromatic carbocycles. The van der Waals surface area contributed by atoms with Crippen molar-refractivity contribution in [2.75, 3.05) is 6.61 Å². The van der Waals surface area contributed by atoms with Crippen molar-refractivity contribution in [2.45, 2.75) is 12.3 Å². The molecule has 0 unspecified atom stereocenters. The van der Waals surface area contributed by atoms with Gasteiger partial charge in [0.25, 0.3) is 0 Å². The molecule has 0 aliphatic heterocycles. The maximum Gasteiger partial charge on any atom is 0.131 e. The summed E-state index contributed by atoms with van der Waals surface area (Å²) in [6, 6.07) is 13.2. The summed E-state index contributed by atoms with van der Waals surface area (Å²) in [7, 11) is 0. The molecule has 0 saturated carbocycles. The molecule has 0 heterocycles. The predicted molar refractivity (Wildman–Crippen MR) is 81.8 cm³/mol. The number of halogens is 2. The molecule has 0 radical (unpaired) electrons. The number of ether oxygens (including phenoxy) is 2. The van der Waals surface area contributed by atoms with Crippen LogP contribution in [0.3, 0.4) is 0 Å². The Morgan fingerprint density at radius 2 is 1.89 bits per heavy atom. The molecule has 0 fully saturated rings. The van der Waals surface area contributed by atoms with Gasteiger partial charge >= 0.3 is 0 Å². The summed E-state index contributed by atoms with van der Waals surface area (Å²) in [5, 5.41) is 1.39. The van der Waals surface area contributed by atoms with Gasteiger partial charge in [0, 0.05) is 22.0 Å². The van der Waals surface area contributed by atoms with Crippen LogP contribution in [0.5, 0.6) is 17.2 Å². The highest BCUT2D eigenvalue weighted by atomic mass is 79.9. The normalized spacial score (nSPS) is 10.3. The Balaban J connectivity index is 2.23. The van der Waals surface area contributed by atoms with E-state index in [0.717, 1.165) is 22.8 Å². The van der Waals surface area contributed by atoms with Crippen molar-refractivity contribution >= 4 is 27.5 Å². The van der Waals surface area contributed by atoms with E-state index in [1.54, 1.807) is 0 Å². The first-order chi connectivity index (χ1) is 9.22. The number of rotatable bonds is 5. The molecule has 0 aromatic heterocycles. The first-order valence-electron chi connectivity index (χ1n) is 5.98. The van der Waals surface area contributed by atoms with Gasteiger partial charge in [-0.1, -0.05) is 33.6 Å². The van der Waals surface area contributed by atoms with E-state index in [-0.39, 0.29) is 0 Å². The van der Waals surface area contributed by atoms with E-state index in [1.165, 1.54) is 0 Å². The van der Waals surface area contributed by atoms with E-state index in [0.29, 0.717) is 17.0 Å². The predicted octanol–water partition coefficient (Wildman–Crippen LogP) is 5.43. The molecule has 0 saturated heterocycles. The zero-order valence-corrected chi connectivity index (χ0v) is 12.9. The molecular weight excluding hydrogens is 328 g/mol. The van der Waals surface area contributed by atoms with E-state index in [1.807, 2.05) is 49.4 Å². The van der Waals surface area contributed by atoms with Crippen molar-refractivity contribution in [1.29, 1.82) is 0 Å². The number of hydrogen-bond donors (Lipinski definition) is 0. The summed E-state index contributed by atoms with van der Waals surface area (Å²) in [6.45, 7) is 2.59. The number of alkyl halides is 1. The highest BCUT2D eigenvalue weighted by Crippen LogP contribution is 2.30. The Labute approximate surface area is 126 Å². The summed E-state index contributed by atoms with van der Waals surface area (Å²) in [5.41, 5.74) is 1.01. The van der Waals surface area contributed by atoms with Crippen LogP contribution in [0, 0.1) is 0 Å². The molecular formula is C15H14BrClO2. The first kappa shape index (κ1) is 14.2. The maximum atomic E-state index is 5.97. The second-order valence-electron chi connectivity index (χ2n) is 3.90. The van der Waals surface area contributed by atoms with Crippen LogP contribution in [0.2, 0.25) is 5.02 Å². The smallest absolute Gasteiger partial charge is 0.131 e. The fourth-order valence-corrected chi connectivity index (χ4v) is 2.31. The topological polar surface area (TPSA) is 18.5 Å². The highest BCUT2D eigenvalue weighted by molar-refractivity contribution is 9.08. The van der Waals surface area contributed by atoms with Crippen LogP contribution in [0.25, 0.3) is 0 Å². The third kappa shape index (κ3) is 3.88. The fraction of sp³-hybridized carbons (Fsp3) is 0.200. The van der Waals surface area contributed by atoms with E-state index in [9.17, 15) is 0 Å². The zero-order chi connectivity index (χ0) is 13.7. The largest absolute Gasteiger partial charge is 0.494 e. The van der Waals surface area contributed by atoms with Gasteiger partial charge < -0.3 is 9.47 Å². The SMILES string of the molecule is CCOc1cccc(Oc2ccc(Cl)cc2CBr)c1. The van der Waals surface area contributed by atoms with Crippen LogP contribution in [-0.4, -0.2) is 6.61 Å². The summed E-state index contributed by atoms with van der Waals surface area (Å²) >= 11 is 9.40. The van der Waals surface area contributed by atoms with Gasteiger partial charge in [-0.2, -0.15) is 0 Å². The van der Waals surface area contributed by atoms with Gasteiger partial charge in [-0.05, 0) is 37.3 Å². The molecule has 0 aliphatic rings. The van der Waals surface area contributed by atoms with Crippen LogP contribution in [0.1, 0.15) is 12.5 Å². The minimum absolute atomic E-state index is 0.636. The van der Waals surface area contributed by atoms with Crippen LogP contribution in [0.15, 0.2) is 42.5 Å². The molecule has 0 N–H and O–H groups in total. The van der Waals surface area contributed by atoms with E-state index in [4.69, 9.17) is 21.1 Å². The molecule has 4 heteroatoms. The second kappa shape index (κ2) is 6.83. The molecule has 2 aromatic rings. The van der Waals surface area contributed by atoms with E-state index in [2.05, 4.69) is 15.9 Å². The fourth-order valence-electron chi connectivity index (χ4n) is 1.67. The summed E-state index contributed by atoms with van der Waals surface area (Å²) in [5.74, 6) is 2.33. The van der Waals surface area contributed by atoms with Crippen LogP contribution in [-0.2, 0) is 5.33 Å². The lowest BCUT2D eigenvalue weighted by molar-refractivity contribution is 0.338. The van der Waals surface area contributed by atoms with E-state index >= 15 is 0 Å². The zero-order valence-electron chi connectivity index (χ0n) is 10.5. The van der Waals surface area contributed by atoms with Gasteiger partial charge in [0.05, 0.1) is 6.61 Å². The lowest BCUT2D eigenvalue weighted by atomic mass is 10.2. The summed E-state index contributed by atoms with van der Waals surface area (Å²) in [4.78, 5) is 0. The Bertz CT molecular complexity index is 558. The minimum atomic E-state index is 0.636. The van der Waals surface area contributed by atoms with Crippen molar-refractivity contribution in [1.82, 2.24) is 0 Å². The lowest BCUT2D eigenvalue weighted by Gasteiger charge is -2.11. The average Bonchev–Trinajstić information content (AvgIpc) is 2.41. The molecule has 0 spiro atoms. The van der Waals surface area contributed by atoms with Crippen molar-refractivity contribution in [2.24, 2.45) is 0 Å². The third-order valence-electron chi connectivity index (χ3n) is 2.51. The lowest BCUT2D eigenvalue weighted by Crippen LogP contribution is -1.93. The Kier molecular flexibility index (Phi) is 5.11. The van der Waals surface area contributed by atoms with Gasteiger partial charge in [0.1, 0.15) is 17.2 Å². The second-order valence-corrected chi connectivity index (χ2v) is 4.89. The minimum Gasteiger partial charge on any atom is -0.494 e. The molecule has 2 rings (SSSR count). The monoisotopic (exact) mass is 340 g/mol. The Morgan fingerprint density at radius 3 is 2.63 bits per heavy atom. The third-order valence-corrected chi connectivity index (χ3v) is 3.35. The molecule has 0 aliphatic carbocycles. The van der Waals surface area contributed by atoms with Crippen molar-refractivity contribution in [3.05, 3.63) is 53.1 Å². The molecule has 2 nitrogen and oxygen atoms in total.